The molecule has 0 N–H and O–H groups in total. The van der Waals surface area contributed by atoms with Crippen molar-refractivity contribution in [1.29, 1.82) is 5.26 Å². The zero-order valence-corrected chi connectivity index (χ0v) is 8.86. The average molecular weight is 218 g/mol. The highest BCUT2D eigenvalue weighted by Gasteiger charge is 2.04. The van der Waals surface area contributed by atoms with E-state index in [4.69, 9.17) is 16.9 Å². The minimum atomic E-state index is 0.461. The third-order valence-corrected chi connectivity index (χ3v) is 2.49. The second-order valence-corrected chi connectivity index (χ2v) is 3.53. The second kappa shape index (κ2) is 3.76. The first-order valence-corrected chi connectivity index (χ1v) is 4.80. The van der Waals surface area contributed by atoms with Crippen LogP contribution in [-0.4, -0.2) is 9.55 Å². The molecule has 0 aliphatic heterocycles. The smallest absolute Gasteiger partial charge is 0.110 e. The van der Waals surface area contributed by atoms with Gasteiger partial charge in [-0.15, -0.1) is 0 Å². The highest BCUT2D eigenvalue weighted by molar-refractivity contribution is 6.31. The maximum Gasteiger partial charge on any atom is 0.110 e. The molecule has 0 atom stereocenters. The molecule has 0 amide bonds. The molecule has 0 spiro atoms. The normalized spacial score (nSPS) is 9.93. The van der Waals surface area contributed by atoms with Crippen molar-refractivity contribution in [2.24, 2.45) is 0 Å². The Kier molecular flexibility index (Phi) is 2.44. The van der Waals surface area contributed by atoms with E-state index in [0.29, 0.717) is 10.6 Å². The lowest BCUT2D eigenvalue weighted by atomic mass is 10.2. The Balaban J connectivity index is 2.53. The number of aryl methyl sites for hydroxylation is 1. The highest BCUT2D eigenvalue weighted by Crippen LogP contribution is 2.20. The van der Waals surface area contributed by atoms with Gasteiger partial charge < -0.3 is 4.57 Å². The van der Waals surface area contributed by atoms with Crippen LogP contribution in [0.5, 0.6) is 0 Å². The Morgan fingerprint density at radius 3 is 2.80 bits per heavy atom. The van der Waals surface area contributed by atoms with Crippen molar-refractivity contribution in [2.45, 2.75) is 6.92 Å². The lowest BCUT2D eigenvalue weighted by Gasteiger charge is -2.05. The van der Waals surface area contributed by atoms with E-state index < -0.39 is 0 Å². The molecule has 0 radical (unpaired) electrons. The Bertz CT molecular complexity index is 537. The van der Waals surface area contributed by atoms with Gasteiger partial charge >= 0.3 is 0 Å². The predicted molar refractivity (Wildman–Crippen MR) is 58.0 cm³/mol. The molecule has 0 aliphatic rings. The number of imidazole rings is 1. The maximum atomic E-state index is 8.74. The summed E-state index contributed by atoms with van der Waals surface area (Å²) < 4.78 is 1.91. The standard InChI is InChI=1S/C11H8ClN3/c1-8-14-4-5-15(8)10-3-2-9(7-13)11(12)6-10/h2-6H,1H3. The van der Waals surface area contributed by atoms with Crippen molar-refractivity contribution >= 4 is 11.6 Å². The van der Waals surface area contributed by atoms with Gasteiger partial charge in [-0.2, -0.15) is 5.26 Å². The van der Waals surface area contributed by atoms with Crippen molar-refractivity contribution in [2.75, 3.05) is 0 Å². The topological polar surface area (TPSA) is 41.6 Å². The van der Waals surface area contributed by atoms with Crippen LogP contribution >= 0.6 is 11.6 Å². The summed E-state index contributed by atoms with van der Waals surface area (Å²) >= 11 is 5.94. The predicted octanol–water partition coefficient (Wildman–Crippen LogP) is 2.71. The van der Waals surface area contributed by atoms with Gasteiger partial charge in [-0.05, 0) is 25.1 Å². The second-order valence-electron chi connectivity index (χ2n) is 3.12. The van der Waals surface area contributed by atoms with Crippen LogP contribution in [0.1, 0.15) is 11.4 Å². The fourth-order valence-corrected chi connectivity index (χ4v) is 1.61. The average Bonchev–Trinajstić information content (AvgIpc) is 2.64. The zero-order chi connectivity index (χ0) is 10.8. The molecule has 1 aromatic heterocycles. The summed E-state index contributed by atoms with van der Waals surface area (Å²) in [7, 11) is 0. The minimum absolute atomic E-state index is 0.461. The van der Waals surface area contributed by atoms with Crippen molar-refractivity contribution in [3.8, 4) is 11.8 Å². The summed E-state index contributed by atoms with van der Waals surface area (Å²) in [4.78, 5) is 4.12. The molecule has 1 heterocycles. The van der Waals surface area contributed by atoms with Crippen LogP contribution in [0.4, 0.5) is 0 Å². The van der Waals surface area contributed by atoms with Crippen molar-refractivity contribution in [3.05, 3.63) is 47.0 Å². The first-order valence-electron chi connectivity index (χ1n) is 4.42. The largest absolute Gasteiger partial charge is 0.304 e. The molecule has 0 saturated carbocycles. The van der Waals surface area contributed by atoms with Crippen LogP contribution in [0, 0.1) is 18.3 Å². The van der Waals surface area contributed by atoms with Gasteiger partial charge in [0, 0.05) is 18.1 Å². The highest BCUT2D eigenvalue weighted by atomic mass is 35.5. The first-order chi connectivity index (χ1) is 7.22. The van der Waals surface area contributed by atoms with E-state index in [1.807, 2.05) is 29.8 Å². The fraction of sp³-hybridized carbons (Fsp3) is 0.0909. The quantitative estimate of drug-likeness (QED) is 0.737. The molecule has 2 aromatic rings. The van der Waals surface area contributed by atoms with E-state index in [1.165, 1.54) is 0 Å². The molecule has 2 rings (SSSR count). The van der Waals surface area contributed by atoms with Crippen molar-refractivity contribution in [1.82, 2.24) is 9.55 Å². The molecule has 74 valence electrons. The van der Waals surface area contributed by atoms with E-state index >= 15 is 0 Å². The molecule has 0 bridgehead atoms. The Labute approximate surface area is 92.6 Å². The fourth-order valence-electron chi connectivity index (χ4n) is 1.40. The van der Waals surface area contributed by atoms with E-state index in [0.717, 1.165) is 11.5 Å². The molecular formula is C11H8ClN3. The van der Waals surface area contributed by atoms with Gasteiger partial charge in [-0.25, -0.2) is 4.98 Å². The third kappa shape index (κ3) is 1.72. The molecule has 15 heavy (non-hydrogen) atoms. The van der Waals surface area contributed by atoms with Crippen LogP contribution in [0.3, 0.4) is 0 Å². The molecule has 0 fully saturated rings. The van der Waals surface area contributed by atoms with Crippen LogP contribution in [0.15, 0.2) is 30.6 Å². The summed E-state index contributed by atoms with van der Waals surface area (Å²) in [6.07, 6.45) is 3.58. The van der Waals surface area contributed by atoms with Gasteiger partial charge in [0.05, 0.1) is 10.6 Å². The molecule has 1 aromatic carbocycles. The van der Waals surface area contributed by atoms with Gasteiger partial charge in [-0.1, -0.05) is 11.6 Å². The van der Waals surface area contributed by atoms with Crippen LogP contribution in [0.25, 0.3) is 5.69 Å². The summed E-state index contributed by atoms with van der Waals surface area (Å²) in [6.45, 7) is 1.91. The molecule has 0 unspecified atom stereocenters. The van der Waals surface area contributed by atoms with Crippen LogP contribution < -0.4 is 0 Å². The third-order valence-electron chi connectivity index (χ3n) is 2.18. The molecule has 0 saturated heterocycles. The summed E-state index contributed by atoms with van der Waals surface area (Å²) in [5.74, 6) is 0.885. The number of aromatic nitrogens is 2. The number of hydrogen-bond donors (Lipinski definition) is 0. The lowest BCUT2D eigenvalue weighted by molar-refractivity contribution is 0.974. The zero-order valence-electron chi connectivity index (χ0n) is 8.11. The Morgan fingerprint density at radius 2 is 2.27 bits per heavy atom. The van der Waals surface area contributed by atoms with E-state index in [2.05, 4.69) is 4.98 Å². The van der Waals surface area contributed by atoms with Gasteiger partial charge in [-0.3, -0.25) is 0 Å². The number of nitrogens with zero attached hydrogens (tertiary/aromatic N) is 3. The Hall–Kier alpha value is -1.79. The van der Waals surface area contributed by atoms with Gasteiger partial charge in [0.1, 0.15) is 11.9 Å². The van der Waals surface area contributed by atoms with Crippen LogP contribution in [-0.2, 0) is 0 Å². The van der Waals surface area contributed by atoms with Gasteiger partial charge in [0.25, 0.3) is 0 Å². The summed E-state index contributed by atoms with van der Waals surface area (Å²) in [6, 6.07) is 7.34. The molecular weight excluding hydrogens is 210 g/mol. The number of halogens is 1. The Morgan fingerprint density at radius 1 is 1.47 bits per heavy atom. The number of benzene rings is 1. The van der Waals surface area contributed by atoms with Crippen molar-refractivity contribution < 1.29 is 0 Å². The molecule has 4 heteroatoms. The molecule has 3 nitrogen and oxygen atoms in total. The maximum absolute atomic E-state index is 8.74. The number of hydrogen-bond acceptors (Lipinski definition) is 2. The minimum Gasteiger partial charge on any atom is -0.304 e. The van der Waals surface area contributed by atoms with Crippen molar-refractivity contribution in [3.63, 3.8) is 0 Å². The van der Waals surface area contributed by atoms with Crippen LogP contribution in [0.2, 0.25) is 5.02 Å². The number of rotatable bonds is 1. The first kappa shape index (κ1) is 9.75. The monoisotopic (exact) mass is 217 g/mol. The van der Waals surface area contributed by atoms with Gasteiger partial charge in [0.15, 0.2) is 0 Å². The number of nitriles is 1. The van der Waals surface area contributed by atoms with Gasteiger partial charge in [0.2, 0.25) is 0 Å². The molecule has 0 aliphatic carbocycles. The SMILES string of the molecule is Cc1nccn1-c1ccc(C#N)c(Cl)c1. The van der Waals surface area contributed by atoms with E-state index in [1.54, 1.807) is 18.3 Å². The van der Waals surface area contributed by atoms with E-state index in [9.17, 15) is 0 Å². The lowest BCUT2D eigenvalue weighted by Crippen LogP contribution is -1.95. The summed E-state index contributed by atoms with van der Waals surface area (Å²) in [5.41, 5.74) is 1.40. The summed E-state index contributed by atoms with van der Waals surface area (Å²) in [5, 5.41) is 9.20. The van der Waals surface area contributed by atoms with E-state index in [-0.39, 0.29) is 0 Å².